The molecule has 0 N–H and O–H groups in total. The molecule has 0 radical (unpaired) electrons. The molecule has 2 heterocycles. The highest BCUT2D eigenvalue weighted by molar-refractivity contribution is 6.31. The number of nitrogens with zero attached hydrogens (tertiary/aromatic N) is 5. The molecule has 154 valence electrons. The van der Waals surface area contributed by atoms with Crippen LogP contribution in [0.25, 0.3) is 28.1 Å². The van der Waals surface area contributed by atoms with Crippen molar-refractivity contribution in [3.8, 4) is 11.4 Å². The molecule has 0 amide bonds. The molecule has 0 saturated carbocycles. The lowest BCUT2D eigenvalue weighted by atomic mass is 10.1. The summed E-state index contributed by atoms with van der Waals surface area (Å²) in [6.07, 6.45) is 0. The van der Waals surface area contributed by atoms with E-state index in [1.54, 1.807) is 4.57 Å². The summed E-state index contributed by atoms with van der Waals surface area (Å²) in [6, 6.07) is 23.2. The fraction of sp³-hybridized carbons (Fsp3) is 0.125. The predicted octanol–water partition coefficient (Wildman–Crippen LogP) is 4.48. The second-order valence-electron chi connectivity index (χ2n) is 7.60. The van der Waals surface area contributed by atoms with Crippen molar-refractivity contribution in [1.82, 2.24) is 19.2 Å². The van der Waals surface area contributed by atoms with E-state index < -0.39 is 0 Å². The normalized spacial score (nSPS) is 11.3. The molecule has 7 heteroatoms. The van der Waals surface area contributed by atoms with Crippen molar-refractivity contribution in [2.45, 2.75) is 6.54 Å². The second-order valence-corrected chi connectivity index (χ2v) is 8.01. The number of halogens is 1. The Labute approximate surface area is 184 Å². The van der Waals surface area contributed by atoms with Gasteiger partial charge in [0.05, 0.1) is 17.4 Å². The lowest BCUT2D eigenvalue weighted by Crippen LogP contribution is -2.24. The molecule has 0 fully saturated rings. The Morgan fingerprint density at radius 1 is 0.903 bits per heavy atom. The van der Waals surface area contributed by atoms with Crippen LogP contribution < -0.4 is 10.5 Å². The van der Waals surface area contributed by atoms with Gasteiger partial charge in [0.1, 0.15) is 0 Å². The van der Waals surface area contributed by atoms with Crippen LogP contribution in [-0.2, 0) is 6.54 Å². The Balaban J connectivity index is 1.78. The minimum atomic E-state index is -0.120. The van der Waals surface area contributed by atoms with Crippen LogP contribution in [0.4, 0.5) is 5.69 Å². The molecule has 0 saturated heterocycles. The fourth-order valence-corrected chi connectivity index (χ4v) is 3.99. The summed E-state index contributed by atoms with van der Waals surface area (Å²) in [5.41, 5.74) is 3.52. The number of anilines is 1. The maximum absolute atomic E-state index is 13.4. The van der Waals surface area contributed by atoms with E-state index in [4.69, 9.17) is 11.6 Å². The average Bonchev–Trinajstić information content (AvgIpc) is 3.23. The van der Waals surface area contributed by atoms with E-state index in [1.807, 2.05) is 96.2 Å². The molecule has 0 spiro atoms. The maximum Gasteiger partial charge on any atom is 0.263 e. The first-order valence-corrected chi connectivity index (χ1v) is 10.3. The minimum absolute atomic E-state index is 0.120. The number of fused-ring (bicyclic) bond motifs is 3. The van der Waals surface area contributed by atoms with Gasteiger partial charge < -0.3 is 4.90 Å². The van der Waals surface area contributed by atoms with Crippen LogP contribution in [0.3, 0.4) is 0 Å². The number of benzene rings is 3. The van der Waals surface area contributed by atoms with Crippen LogP contribution in [0.15, 0.2) is 77.6 Å². The van der Waals surface area contributed by atoms with Crippen LogP contribution in [0.5, 0.6) is 0 Å². The Hall–Kier alpha value is -3.64. The van der Waals surface area contributed by atoms with Gasteiger partial charge in [-0.1, -0.05) is 41.9 Å². The summed E-state index contributed by atoms with van der Waals surface area (Å²) < 4.78 is 3.58. The summed E-state index contributed by atoms with van der Waals surface area (Å²) in [7, 11) is 4.00. The Kier molecular flexibility index (Phi) is 4.71. The number of para-hydroxylation sites is 1. The van der Waals surface area contributed by atoms with Crippen molar-refractivity contribution in [1.29, 1.82) is 0 Å². The van der Waals surface area contributed by atoms with Gasteiger partial charge in [0.15, 0.2) is 5.82 Å². The number of rotatable bonds is 4. The molecular weight excluding hydrogens is 410 g/mol. The maximum atomic E-state index is 13.4. The number of hydrogen-bond acceptors (Lipinski definition) is 4. The van der Waals surface area contributed by atoms with Crippen molar-refractivity contribution < 1.29 is 0 Å². The summed E-state index contributed by atoms with van der Waals surface area (Å²) >= 11 is 6.38. The van der Waals surface area contributed by atoms with Crippen molar-refractivity contribution in [3.63, 3.8) is 0 Å². The summed E-state index contributed by atoms with van der Waals surface area (Å²) in [5.74, 6) is 1.17. The zero-order valence-corrected chi connectivity index (χ0v) is 17.9. The largest absolute Gasteiger partial charge is 0.378 e. The van der Waals surface area contributed by atoms with E-state index in [2.05, 4.69) is 10.2 Å². The standard InChI is InChI=1S/C24H20ClN5O/c1-28(2)18-13-11-16(12-14-18)22-26-27-24-29(15-17-7-3-5-9-20(17)25)23(31)19-8-4-6-10-21(19)30(22)24/h3-14H,15H2,1-2H3. The number of hydrogen-bond donors (Lipinski definition) is 0. The van der Waals surface area contributed by atoms with Gasteiger partial charge in [0.25, 0.3) is 5.56 Å². The van der Waals surface area contributed by atoms with Crippen LogP contribution >= 0.6 is 11.6 Å². The Bertz CT molecular complexity index is 1470. The average molecular weight is 430 g/mol. The fourth-order valence-electron chi connectivity index (χ4n) is 3.79. The molecule has 5 rings (SSSR count). The third-order valence-corrected chi connectivity index (χ3v) is 5.80. The summed E-state index contributed by atoms with van der Waals surface area (Å²) in [4.78, 5) is 15.4. The monoisotopic (exact) mass is 429 g/mol. The molecule has 31 heavy (non-hydrogen) atoms. The van der Waals surface area contributed by atoms with Gasteiger partial charge in [-0.25, -0.2) is 0 Å². The molecule has 3 aromatic carbocycles. The summed E-state index contributed by atoms with van der Waals surface area (Å²) in [5, 5.41) is 10.1. The van der Waals surface area contributed by atoms with Gasteiger partial charge in [-0.2, -0.15) is 0 Å². The first-order chi connectivity index (χ1) is 15.0. The smallest absolute Gasteiger partial charge is 0.263 e. The number of aromatic nitrogens is 4. The van der Waals surface area contributed by atoms with E-state index in [9.17, 15) is 4.79 Å². The van der Waals surface area contributed by atoms with Crippen molar-refractivity contribution in [3.05, 3.63) is 93.7 Å². The zero-order chi connectivity index (χ0) is 21.5. The minimum Gasteiger partial charge on any atom is -0.378 e. The van der Waals surface area contributed by atoms with Crippen molar-refractivity contribution in [2.75, 3.05) is 19.0 Å². The van der Waals surface area contributed by atoms with Gasteiger partial charge in [-0.15, -0.1) is 10.2 Å². The first kappa shape index (κ1) is 19.3. The highest BCUT2D eigenvalue weighted by Gasteiger charge is 2.18. The lowest BCUT2D eigenvalue weighted by molar-refractivity contribution is 0.767. The lowest BCUT2D eigenvalue weighted by Gasteiger charge is -2.14. The molecule has 0 aliphatic carbocycles. The van der Waals surface area contributed by atoms with Crippen LogP contribution in [0.1, 0.15) is 5.56 Å². The Morgan fingerprint density at radius 3 is 2.35 bits per heavy atom. The van der Waals surface area contributed by atoms with Crippen molar-refractivity contribution >= 4 is 34.0 Å². The van der Waals surface area contributed by atoms with Gasteiger partial charge in [-0.05, 0) is 48.0 Å². The zero-order valence-electron chi connectivity index (χ0n) is 17.2. The van der Waals surface area contributed by atoms with Crippen LogP contribution in [0, 0.1) is 0 Å². The molecular formula is C24H20ClN5O. The van der Waals surface area contributed by atoms with Crippen LogP contribution in [0.2, 0.25) is 5.02 Å². The highest BCUT2D eigenvalue weighted by Crippen LogP contribution is 2.25. The van der Waals surface area contributed by atoms with E-state index in [0.29, 0.717) is 28.6 Å². The van der Waals surface area contributed by atoms with Gasteiger partial charge in [0.2, 0.25) is 5.78 Å². The third kappa shape index (κ3) is 3.25. The molecule has 0 atom stereocenters. The van der Waals surface area contributed by atoms with E-state index in [-0.39, 0.29) is 5.56 Å². The second kappa shape index (κ2) is 7.56. The van der Waals surface area contributed by atoms with Gasteiger partial charge in [0, 0.05) is 30.4 Å². The SMILES string of the molecule is CN(C)c1ccc(-c2nnc3n(Cc4ccccc4Cl)c(=O)c4ccccc4n23)cc1. The quantitative estimate of drug-likeness (QED) is 0.422. The highest BCUT2D eigenvalue weighted by atomic mass is 35.5. The topological polar surface area (TPSA) is 55.4 Å². The van der Waals surface area contributed by atoms with E-state index >= 15 is 0 Å². The van der Waals surface area contributed by atoms with E-state index in [1.165, 1.54) is 0 Å². The Morgan fingerprint density at radius 2 is 1.61 bits per heavy atom. The first-order valence-electron chi connectivity index (χ1n) is 9.92. The molecule has 0 bridgehead atoms. The third-order valence-electron chi connectivity index (χ3n) is 5.44. The molecule has 0 unspecified atom stereocenters. The molecule has 0 aliphatic heterocycles. The molecule has 2 aromatic heterocycles. The molecule has 6 nitrogen and oxygen atoms in total. The van der Waals surface area contributed by atoms with E-state index in [0.717, 1.165) is 22.3 Å². The van der Waals surface area contributed by atoms with Crippen LogP contribution in [-0.4, -0.2) is 33.3 Å². The van der Waals surface area contributed by atoms with Gasteiger partial charge in [-0.3, -0.25) is 13.8 Å². The van der Waals surface area contributed by atoms with Gasteiger partial charge >= 0.3 is 0 Å². The van der Waals surface area contributed by atoms with Crippen molar-refractivity contribution in [2.24, 2.45) is 0 Å². The molecule has 5 aromatic rings. The predicted molar refractivity (Wildman–Crippen MR) is 125 cm³/mol. The molecule has 0 aliphatic rings. The summed E-state index contributed by atoms with van der Waals surface area (Å²) in [6.45, 7) is 0.310.